The lowest BCUT2D eigenvalue weighted by Crippen LogP contribution is -2.43. The van der Waals surface area contributed by atoms with E-state index in [9.17, 15) is 19.5 Å². The van der Waals surface area contributed by atoms with Gasteiger partial charge in [-0.25, -0.2) is 9.59 Å². The van der Waals surface area contributed by atoms with Crippen LogP contribution in [0.4, 0.5) is 0 Å². The first-order valence-electron chi connectivity index (χ1n) is 11.3. The van der Waals surface area contributed by atoms with E-state index in [2.05, 4.69) is 30.3 Å². The lowest BCUT2D eigenvalue weighted by atomic mass is 9.74. The minimum Gasteiger partial charge on any atom is -0.480 e. The summed E-state index contributed by atoms with van der Waals surface area (Å²) in [7, 11) is 2.15. The summed E-state index contributed by atoms with van der Waals surface area (Å²) in [5.74, 6) is -2.24. The van der Waals surface area contributed by atoms with Crippen LogP contribution in [0, 0.1) is 5.92 Å². The number of carboxylic acids is 1. The summed E-state index contributed by atoms with van der Waals surface area (Å²) < 4.78 is 5.54. The highest BCUT2D eigenvalue weighted by Gasteiger charge is 2.33. The predicted molar refractivity (Wildman–Crippen MR) is 124 cm³/mol. The molecule has 1 heterocycles. The zero-order valence-corrected chi connectivity index (χ0v) is 19.8. The summed E-state index contributed by atoms with van der Waals surface area (Å²) in [6, 6.07) is 6.62. The van der Waals surface area contributed by atoms with Gasteiger partial charge in [-0.1, -0.05) is 39.3 Å². The Kier molecular flexibility index (Phi) is 9.01. The average Bonchev–Trinajstić information content (AvgIpc) is 2.93. The molecule has 1 aliphatic rings. The van der Waals surface area contributed by atoms with E-state index in [1.165, 1.54) is 13.3 Å². The number of esters is 1. The molecule has 0 aliphatic carbocycles. The summed E-state index contributed by atoms with van der Waals surface area (Å²) >= 11 is 0. The number of likely N-dealkylation sites (N-methyl/N-ethyl adjacent to an activating group) is 1. The van der Waals surface area contributed by atoms with Crippen LogP contribution in [0.3, 0.4) is 0 Å². The van der Waals surface area contributed by atoms with Crippen molar-refractivity contribution in [1.82, 2.24) is 10.2 Å². The molecule has 1 aliphatic heterocycles. The SMILES string of the molecule is CCC1(c2cccc(OC(=O)C(C)=CC(=O)NC(C(=O)O)C(C)C)c2)CCCCN(C)C1. The number of likely N-dealkylation sites (tertiary alicyclic amines) is 1. The van der Waals surface area contributed by atoms with E-state index < -0.39 is 23.9 Å². The number of carbonyl (C=O) groups excluding carboxylic acids is 2. The van der Waals surface area contributed by atoms with Gasteiger partial charge in [-0.05, 0) is 63.4 Å². The van der Waals surface area contributed by atoms with E-state index >= 15 is 0 Å². The number of hydrogen-bond acceptors (Lipinski definition) is 5. The number of aliphatic carboxylic acids is 1. The zero-order valence-electron chi connectivity index (χ0n) is 19.8. The van der Waals surface area contributed by atoms with Crippen LogP contribution in [0.25, 0.3) is 0 Å². The molecule has 1 aromatic carbocycles. The number of rotatable bonds is 8. The van der Waals surface area contributed by atoms with Crippen LogP contribution >= 0.6 is 0 Å². The maximum absolute atomic E-state index is 12.6. The van der Waals surface area contributed by atoms with E-state index in [4.69, 9.17) is 4.74 Å². The smallest absolute Gasteiger partial charge is 0.339 e. The summed E-state index contributed by atoms with van der Waals surface area (Å²) in [6.07, 6.45) is 5.50. The maximum Gasteiger partial charge on any atom is 0.339 e. The number of nitrogens with one attached hydrogen (secondary N) is 1. The molecule has 2 N–H and O–H groups in total. The van der Waals surface area contributed by atoms with Crippen LogP contribution in [0.15, 0.2) is 35.9 Å². The number of benzene rings is 1. The first kappa shape index (κ1) is 25.6. The van der Waals surface area contributed by atoms with Crippen molar-refractivity contribution in [2.24, 2.45) is 5.92 Å². The molecular formula is C25H36N2O5. The van der Waals surface area contributed by atoms with Crippen molar-refractivity contribution >= 4 is 17.8 Å². The Bertz CT molecular complexity index is 864. The lowest BCUT2D eigenvalue weighted by Gasteiger charge is -2.35. The van der Waals surface area contributed by atoms with Crippen molar-refractivity contribution in [3.05, 3.63) is 41.5 Å². The van der Waals surface area contributed by atoms with Gasteiger partial charge in [-0.3, -0.25) is 4.79 Å². The van der Waals surface area contributed by atoms with Crippen molar-refractivity contribution < 1.29 is 24.2 Å². The van der Waals surface area contributed by atoms with Crippen LogP contribution in [0.5, 0.6) is 5.75 Å². The number of carboxylic acid groups (broad SMARTS) is 1. The van der Waals surface area contributed by atoms with E-state index in [-0.39, 0.29) is 16.9 Å². The molecule has 2 atom stereocenters. The first-order chi connectivity index (χ1) is 15.1. The number of carbonyl (C=O) groups is 3. The number of amides is 1. The maximum atomic E-state index is 12.6. The van der Waals surface area contributed by atoms with Crippen LogP contribution in [-0.2, 0) is 19.8 Å². The Hall–Kier alpha value is -2.67. The second-order valence-corrected chi connectivity index (χ2v) is 9.14. The summed E-state index contributed by atoms with van der Waals surface area (Å²) in [5, 5.41) is 11.6. The fourth-order valence-corrected chi connectivity index (χ4v) is 4.29. The molecule has 7 heteroatoms. The van der Waals surface area contributed by atoms with Gasteiger partial charge in [-0.2, -0.15) is 0 Å². The largest absolute Gasteiger partial charge is 0.480 e. The predicted octanol–water partition coefficient (Wildman–Crippen LogP) is 3.53. The number of hydrogen-bond donors (Lipinski definition) is 2. The molecule has 0 aromatic heterocycles. The Morgan fingerprint density at radius 1 is 1.28 bits per heavy atom. The van der Waals surface area contributed by atoms with Gasteiger partial charge < -0.3 is 20.1 Å². The van der Waals surface area contributed by atoms with E-state index in [1.54, 1.807) is 19.9 Å². The Labute approximate surface area is 190 Å². The molecule has 0 radical (unpaired) electrons. The average molecular weight is 445 g/mol. The van der Waals surface area contributed by atoms with E-state index in [0.29, 0.717) is 5.75 Å². The summed E-state index contributed by atoms with van der Waals surface area (Å²) in [6.45, 7) is 9.12. The molecule has 0 saturated carbocycles. The van der Waals surface area contributed by atoms with Crippen molar-refractivity contribution in [3.63, 3.8) is 0 Å². The highest BCUT2D eigenvalue weighted by atomic mass is 16.5. The van der Waals surface area contributed by atoms with Crippen LogP contribution in [0.2, 0.25) is 0 Å². The van der Waals surface area contributed by atoms with Gasteiger partial charge >= 0.3 is 11.9 Å². The fraction of sp³-hybridized carbons (Fsp3) is 0.560. The van der Waals surface area contributed by atoms with Gasteiger partial charge in [0.15, 0.2) is 0 Å². The quantitative estimate of drug-likeness (QED) is 0.362. The third-order valence-corrected chi connectivity index (χ3v) is 6.25. The van der Waals surface area contributed by atoms with Crippen LogP contribution in [0.1, 0.15) is 58.9 Å². The van der Waals surface area contributed by atoms with Gasteiger partial charge in [0.05, 0.1) is 0 Å². The molecule has 32 heavy (non-hydrogen) atoms. The van der Waals surface area contributed by atoms with Gasteiger partial charge in [0.25, 0.3) is 0 Å². The highest BCUT2D eigenvalue weighted by Crippen LogP contribution is 2.37. The normalized spacial score (nSPS) is 21.0. The van der Waals surface area contributed by atoms with Gasteiger partial charge in [-0.15, -0.1) is 0 Å². The molecule has 1 amide bonds. The standard InChI is InChI=1S/C25H36N2O5/c1-6-25(12-7-8-13-27(5)16-25)19-10-9-11-20(15-19)32-24(31)18(4)14-21(28)26-22(17(2)3)23(29)30/h9-11,14-15,17,22H,6-8,12-13,16H2,1-5H3,(H,26,28)(H,29,30). The summed E-state index contributed by atoms with van der Waals surface area (Å²) in [4.78, 5) is 38.3. The van der Waals surface area contributed by atoms with E-state index in [0.717, 1.165) is 44.0 Å². The minimum atomic E-state index is -1.12. The monoisotopic (exact) mass is 444 g/mol. The molecule has 0 bridgehead atoms. The van der Waals surface area contributed by atoms with Gasteiger partial charge in [0.1, 0.15) is 11.8 Å². The molecule has 1 aromatic rings. The second-order valence-electron chi connectivity index (χ2n) is 9.14. The first-order valence-corrected chi connectivity index (χ1v) is 11.3. The molecule has 7 nitrogen and oxygen atoms in total. The molecule has 0 spiro atoms. The minimum absolute atomic E-state index is 0.0150. The Morgan fingerprint density at radius 2 is 2.00 bits per heavy atom. The number of nitrogens with zero attached hydrogens (tertiary/aromatic N) is 1. The third-order valence-electron chi connectivity index (χ3n) is 6.25. The molecular weight excluding hydrogens is 408 g/mol. The third kappa shape index (κ3) is 6.66. The molecule has 2 unspecified atom stereocenters. The lowest BCUT2D eigenvalue weighted by molar-refractivity contribution is -0.142. The highest BCUT2D eigenvalue weighted by molar-refractivity contribution is 5.99. The Balaban J connectivity index is 2.14. The van der Waals surface area contributed by atoms with Crippen LogP contribution in [-0.4, -0.2) is 54.0 Å². The van der Waals surface area contributed by atoms with Gasteiger partial charge in [0, 0.05) is 23.6 Å². The molecule has 1 fully saturated rings. The van der Waals surface area contributed by atoms with Crippen molar-refractivity contribution in [1.29, 1.82) is 0 Å². The summed E-state index contributed by atoms with van der Waals surface area (Å²) in [5.41, 5.74) is 1.26. The second kappa shape index (κ2) is 11.3. The Morgan fingerprint density at radius 3 is 2.62 bits per heavy atom. The molecule has 2 rings (SSSR count). The number of ether oxygens (including phenoxy) is 1. The van der Waals surface area contributed by atoms with Crippen LogP contribution < -0.4 is 10.1 Å². The molecule has 176 valence electrons. The van der Waals surface area contributed by atoms with Crippen molar-refractivity contribution in [2.45, 2.75) is 64.8 Å². The zero-order chi connectivity index (χ0) is 23.9. The van der Waals surface area contributed by atoms with Crippen molar-refractivity contribution in [2.75, 3.05) is 20.1 Å². The fourth-order valence-electron chi connectivity index (χ4n) is 4.29. The molecule has 1 saturated heterocycles. The topological polar surface area (TPSA) is 95.9 Å². The van der Waals surface area contributed by atoms with E-state index in [1.807, 2.05) is 12.1 Å². The van der Waals surface area contributed by atoms with Gasteiger partial charge in [0.2, 0.25) is 5.91 Å². The van der Waals surface area contributed by atoms with Crippen molar-refractivity contribution in [3.8, 4) is 5.75 Å².